The molecule has 172 valence electrons. The van der Waals surface area contributed by atoms with E-state index in [1.165, 1.54) is 24.8 Å². The van der Waals surface area contributed by atoms with Crippen molar-refractivity contribution in [3.63, 3.8) is 0 Å². The van der Waals surface area contributed by atoms with Crippen molar-refractivity contribution in [2.75, 3.05) is 12.4 Å². The van der Waals surface area contributed by atoms with E-state index in [-0.39, 0.29) is 17.8 Å². The topological polar surface area (TPSA) is 73.3 Å². The number of hydrogen-bond donors (Lipinski definition) is 1. The highest BCUT2D eigenvalue weighted by atomic mass is 19.1. The maximum Gasteiger partial charge on any atom is 0.337 e. The van der Waals surface area contributed by atoms with Crippen molar-refractivity contribution >= 4 is 22.6 Å². The molecule has 2 heterocycles. The Morgan fingerprint density at radius 1 is 1.12 bits per heavy atom. The molecule has 1 aliphatic carbocycles. The Bertz CT molecular complexity index is 1350. The van der Waals surface area contributed by atoms with Crippen LogP contribution in [0.5, 0.6) is 11.6 Å². The number of halogens is 1. The van der Waals surface area contributed by atoms with Crippen molar-refractivity contribution in [3.05, 3.63) is 89.5 Å². The molecule has 1 atom stereocenters. The fraction of sp³-hybridized carbons (Fsp3) is 0.222. The van der Waals surface area contributed by atoms with Crippen LogP contribution in [0.2, 0.25) is 0 Å². The Morgan fingerprint density at radius 2 is 1.91 bits per heavy atom. The number of aromatic nitrogens is 2. The number of esters is 1. The SMILES string of the molecule is COC(=O)c1ccc([C@H](C)Nc2nccc3c(C4CC4)cnc(Oc4cccc(F)c4)c23)cc1. The van der Waals surface area contributed by atoms with Gasteiger partial charge in [0.2, 0.25) is 5.88 Å². The second-order valence-electron chi connectivity index (χ2n) is 8.41. The van der Waals surface area contributed by atoms with Crippen LogP contribution in [0.1, 0.15) is 53.2 Å². The molecule has 0 saturated heterocycles. The second kappa shape index (κ2) is 9.09. The number of fused-ring (bicyclic) bond motifs is 1. The standard InChI is InChI=1S/C27H24FN3O3/c1-16(17-6-10-19(11-7-17)27(32)33-2)31-25-24-22(12-13-29-25)23(18-8-9-18)15-30-26(24)34-21-5-3-4-20(28)14-21/h3-7,10-16,18H,8-9H2,1-2H3,(H,29,31)/t16-/m0/s1. The van der Waals surface area contributed by atoms with Crippen LogP contribution in [0.15, 0.2) is 67.0 Å². The molecule has 7 heteroatoms. The van der Waals surface area contributed by atoms with Gasteiger partial charge in [0.15, 0.2) is 0 Å². The van der Waals surface area contributed by atoms with Gasteiger partial charge in [-0.15, -0.1) is 0 Å². The number of nitrogens with zero attached hydrogens (tertiary/aromatic N) is 2. The van der Waals surface area contributed by atoms with Crippen LogP contribution >= 0.6 is 0 Å². The number of carbonyl (C=O) groups is 1. The van der Waals surface area contributed by atoms with E-state index < -0.39 is 0 Å². The van der Waals surface area contributed by atoms with Gasteiger partial charge in [0.25, 0.3) is 0 Å². The highest BCUT2D eigenvalue weighted by molar-refractivity contribution is 5.98. The third kappa shape index (κ3) is 4.41. The minimum absolute atomic E-state index is 0.114. The van der Waals surface area contributed by atoms with Gasteiger partial charge in [-0.2, -0.15) is 0 Å². The van der Waals surface area contributed by atoms with Gasteiger partial charge in [-0.25, -0.2) is 19.2 Å². The smallest absolute Gasteiger partial charge is 0.337 e. The highest BCUT2D eigenvalue weighted by Crippen LogP contribution is 2.45. The quantitative estimate of drug-likeness (QED) is 0.324. The van der Waals surface area contributed by atoms with E-state index in [0.717, 1.165) is 29.2 Å². The molecular formula is C27H24FN3O3. The molecule has 34 heavy (non-hydrogen) atoms. The summed E-state index contributed by atoms with van der Waals surface area (Å²) in [5.74, 6) is 1.10. The number of rotatable bonds is 7. The van der Waals surface area contributed by atoms with Crippen LogP contribution in [0.25, 0.3) is 10.8 Å². The summed E-state index contributed by atoms with van der Waals surface area (Å²) in [6, 6.07) is 15.1. The van der Waals surface area contributed by atoms with Crippen molar-refractivity contribution in [2.45, 2.75) is 31.7 Å². The minimum atomic E-state index is -0.378. The van der Waals surface area contributed by atoms with Gasteiger partial charge in [-0.3, -0.25) is 0 Å². The lowest BCUT2D eigenvalue weighted by atomic mass is 10.0. The van der Waals surface area contributed by atoms with Gasteiger partial charge >= 0.3 is 5.97 Å². The molecule has 1 fully saturated rings. The minimum Gasteiger partial charge on any atom is -0.465 e. The van der Waals surface area contributed by atoms with E-state index in [1.54, 1.807) is 30.5 Å². The molecule has 0 aliphatic heterocycles. The van der Waals surface area contributed by atoms with E-state index in [2.05, 4.69) is 15.3 Å². The number of methoxy groups -OCH3 is 1. The first-order valence-corrected chi connectivity index (χ1v) is 11.2. The maximum atomic E-state index is 13.7. The monoisotopic (exact) mass is 457 g/mol. The summed E-state index contributed by atoms with van der Waals surface area (Å²) < 4.78 is 24.6. The zero-order valence-electron chi connectivity index (χ0n) is 18.9. The molecule has 0 amide bonds. The van der Waals surface area contributed by atoms with Crippen molar-refractivity contribution in [1.82, 2.24) is 9.97 Å². The molecule has 5 rings (SSSR count). The maximum absolute atomic E-state index is 13.7. The molecule has 1 N–H and O–H groups in total. The molecule has 0 unspecified atom stereocenters. The van der Waals surface area contributed by atoms with Crippen molar-refractivity contribution in [2.24, 2.45) is 0 Å². The third-order valence-electron chi connectivity index (χ3n) is 6.01. The first-order valence-electron chi connectivity index (χ1n) is 11.2. The predicted octanol–water partition coefficient (Wildman–Crippen LogP) is 6.40. The highest BCUT2D eigenvalue weighted by Gasteiger charge is 2.28. The molecule has 1 aliphatic rings. The lowest BCUT2D eigenvalue weighted by molar-refractivity contribution is 0.0600. The van der Waals surface area contributed by atoms with E-state index in [0.29, 0.717) is 28.9 Å². The fourth-order valence-electron chi connectivity index (χ4n) is 4.04. The third-order valence-corrected chi connectivity index (χ3v) is 6.01. The van der Waals surface area contributed by atoms with Gasteiger partial charge < -0.3 is 14.8 Å². The summed E-state index contributed by atoms with van der Waals surface area (Å²) in [5, 5.41) is 5.25. The molecule has 6 nitrogen and oxygen atoms in total. The number of nitrogens with one attached hydrogen (secondary N) is 1. The number of carbonyl (C=O) groups excluding carboxylic acids is 1. The molecule has 2 aromatic heterocycles. The van der Waals surface area contributed by atoms with Crippen LogP contribution in [-0.4, -0.2) is 23.0 Å². The average Bonchev–Trinajstić information content (AvgIpc) is 3.69. The van der Waals surface area contributed by atoms with Crippen molar-refractivity contribution < 1.29 is 18.7 Å². The van der Waals surface area contributed by atoms with E-state index in [1.807, 2.05) is 31.3 Å². The summed E-state index contributed by atoms with van der Waals surface area (Å²) in [7, 11) is 1.36. The number of anilines is 1. The Morgan fingerprint density at radius 3 is 2.62 bits per heavy atom. The Kier molecular flexibility index (Phi) is 5.84. The molecule has 0 bridgehead atoms. The molecule has 0 radical (unpaired) electrons. The first kappa shape index (κ1) is 21.8. The van der Waals surface area contributed by atoms with Crippen LogP contribution in [0, 0.1) is 5.82 Å². The Labute approximate surface area is 196 Å². The molecule has 2 aromatic carbocycles. The second-order valence-corrected chi connectivity index (χ2v) is 8.41. The van der Waals surface area contributed by atoms with Gasteiger partial charge in [0, 0.05) is 24.5 Å². The molecule has 1 saturated carbocycles. The number of ether oxygens (including phenoxy) is 2. The van der Waals surface area contributed by atoms with Crippen LogP contribution in [-0.2, 0) is 4.74 Å². The summed E-state index contributed by atoms with van der Waals surface area (Å²) in [4.78, 5) is 20.9. The van der Waals surface area contributed by atoms with Crippen molar-refractivity contribution in [1.29, 1.82) is 0 Å². The molecule has 0 spiro atoms. The van der Waals surface area contributed by atoms with Crippen LogP contribution in [0.4, 0.5) is 10.2 Å². The molecule has 4 aromatic rings. The Hall–Kier alpha value is -4.00. The van der Waals surface area contributed by atoms with Gasteiger partial charge in [0.05, 0.1) is 18.1 Å². The largest absolute Gasteiger partial charge is 0.465 e. The van der Waals surface area contributed by atoms with Gasteiger partial charge in [-0.1, -0.05) is 18.2 Å². The lowest BCUT2D eigenvalue weighted by Gasteiger charge is -2.19. The lowest BCUT2D eigenvalue weighted by Crippen LogP contribution is -2.10. The summed E-state index contributed by atoms with van der Waals surface area (Å²) >= 11 is 0. The number of hydrogen-bond acceptors (Lipinski definition) is 6. The van der Waals surface area contributed by atoms with Crippen molar-refractivity contribution in [3.8, 4) is 11.6 Å². The zero-order valence-corrected chi connectivity index (χ0v) is 18.9. The van der Waals surface area contributed by atoms with Gasteiger partial charge in [-0.05, 0) is 72.5 Å². The molecular weight excluding hydrogens is 433 g/mol. The number of pyridine rings is 2. The Balaban J connectivity index is 1.52. The fourth-order valence-corrected chi connectivity index (χ4v) is 4.04. The zero-order chi connectivity index (χ0) is 23.7. The van der Waals surface area contributed by atoms with Crippen LogP contribution < -0.4 is 10.1 Å². The normalized spacial score (nSPS) is 14.0. The van der Waals surface area contributed by atoms with Crippen LogP contribution in [0.3, 0.4) is 0 Å². The summed E-state index contributed by atoms with van der Waals surface area (Å²) in [6.07, 6.45) is 5.90. The van der Waals surface area contributed by atoms with E-state index in [4.69, 9.17) is 9.47 Å². The van der Waals surface area contributed by atoms with E-state index >= 15 is 0 Å². The average molecular weight is 458 g/mol. The first-order chi connectivity index (χ1) is 16.5. The number of benzene rings is 2. The summed E-state index contributed by atoms with van der Waals surface area (Å²) in [6.45, 7) is 2.01. The van der Waals surface area contributed by atoms with E-state index in [9.17, 15) is 9.18 Å². The van der Waals surface area contributed by atoms with Gasteiger partial charge in [0.1, 0.15) is 17.4 Å². The summed E-state index contributed by atoms with van der Waals surface area (Å²) in [5.41, 5.74) is 2.64. The predicted molar refractivity (Wildman–Crippen MR) is 128 cm³/mol.